The molecule has 0 N–H and O–H groups in total. The summed E-state index contributed by atoms with van der Waals surface area (Å²) in [6.45, 7) is 5.83. The maximum Gasteiger partial charge on any atom is 0.145 e. The maximum atomic E-state index is 11.7. The molecule has 68 valence electrons. The van der Waals surface area contributed by atoms with Crippen molar-refractivity contribution in [3.63, 3.8) is 0 Å². The fraction of sp³-hybridized carbons (Fsp3) is 0.625. The number of hydrogen-bond donors (Lipinski definition) is 0. The summed E-state index contributed by atoms with van der Waals surface area (Å²) >= 11 is 0. The minimum atomic E-state index is -1.01. The molecule has 0 aliphatic carbocycles. The molecular weight excluding hydrogens is 172 g/mol. The minimum Gasteiger partial charge on any atom is -0.339 e. The molecule has 1 heterocycles. The Balaban J connectivity index is 2.93. The number of nitrogens with zero attached hydrogens (tertiary/aromatic N) is 2. The Morgan fingerprint density at radius 1 is 1.50 bits per heavy atom. The molecule has 1 rings (SSSR count). The van der Waals surface area contributed by atoms with Gasteiger partial charge in [-0.2, -0.15) is 0 Å². The van der Waals surface area contributed by atoms with Gasteiger partial charge in [-0.15, -0.1) is 0 Å². The highest BCUT2D eigenvalue weighted by atomic mass is 32.2. The smallest absolute Gasteiger partial charge is 0.145 e. The summed E-state index contributed by atoms with van der Waals surface area (Å²) in [5.74, 6) is 0. The van der Waals surface area contributed by atoms with Gasteiger partial charge in [0.05, 0.1) is 17.1 Å². The molecule has 0 aromatic carbocycles. The molecule has 0 fully saturated rings. The van der Waals surface area contributed by atoms with Gasteiger partial charge in [0.1, 0.15) is 5.03 Å². The first-order valence-electron chi connectivity index (χ1n) is 3.81. The Bertz CT molecular complexity index is 298. The summed E-state index contributed by atoms with van der Waals surface area (Å²) in [5.41, 5.74) is 0. The highest BCUT2D eigenvalue weighted by Crippen LogP contribution is 2.17. The SMILES string of the molecule is Cn1cnc(S(=O)C(C)(C)C)c1. The van der Waals surface area contributed by atoms with Crippen LogP contribution in [0.1, 0.15) is 20.8 Å². The predicted molar refractivity (Wildman–Crippen MR) is 49.4 cm³/mol. The molecule has 1 unspecified atom stereocenters. The summed E-state index contributed by atoms with van der Waals surface area (Å²) in [7, 11) is 0.860. The van der Waals surface area contributed by atoms with Gasteiger partial charge in [0, 0.05) is 18.0 Å². The van der Waals surface area contributed by atoms with E-state index in [1.165, 1.54) is 0 Å². The van der Waals surface area contributed by atoms with E-state index in [0.29, 0.717) is 5.03 Å². The number of imidazole rings is 1. The van der Waals surface area contributed by atoms with Crippen molar-refractivity contribution in [1.82, 2.24) is 9.55 Å². The quantitative estimate of drug-likeness (QED) is 0.663. The molecule has 0 spiro atoms. The van der Waals surface area contributed by atoms with Gasteiger partial charge in [-0.1, -0.05) is 0 Å². The fourth-order valence-electron chi connectivity index (χ4n) is 0.798. The zero-order valence-electron chi connectivity index (χ0n) is 7.87. The van der Waals surface area contributed by atoms with Crippen molar-refractivity contribution >= 4 is 10.8 Å². The van der Waals surface area contributed by atoms with Gasteiger partial charge in [-0.05, 0) is 20.8 Å². The zero-order chi connectivity index (χ0) is 9.35. The van der Waals surface area contributed by atoms with Crippen LogP contribution in [0.5, 0.6) is 0 Å². The van der Waals surface area contributed by atoms with E-state index in [1.54, 1.807) is 17.1 Å². The summed E-state index contributed by atoms with van der Waals surface area (Å²) in [6, 6.07) is 0. The van der Waals surface area contributed by atoms with E-state index in [4.69, 9.17) is 0 Å². The van der Waals surface area contributed by atoms with Gasteiger partial charge >= 0.3 is 0 Å². The average Bonchev–Trinajstić information content (AvgIpc) is 2.32. The van der Waals surface area contributed by atoms with Crippen molar-refractivity contribution in [1.29, 1.82) is 0 Å². The first-order valence-corrected chi connectivity index (χ1v) is 4.96. The van der Waals surface area contributed by atoms with Crippen LogP contribution in [0.2, 0.25) is 0 Å². The third kappa shape index (κ3) is 1.94. The van der Waals surface area contributed by atoms with Crippen LogP contribution in [0.4, 0.5) is 0 Å². The molecule has 1 atom stereocenters. The molecule has 1 aromatic rings. The van der Waals surface area contributed by atoms with Gasteiger partial charge in [-0.25, -0.2) is 4.98 Å². The number of rotatable bonds is 1. The van der Waals surface area contributed by atoms with E-state index in [0.717, 1.165) is 0 Å². The lowest BCUT2D eigenvalue weighted by atomic mass is 10.3. The highest BCUT2D eigenvalue weighted by molar-refractivity contribution is 7.86. The largest absolute Gasteiger partial charge is 0.339 e. The lowest BCUT2D eigenvalue weighted by molar-refractivity contribution is 0.646. The Morgan fingerprint density at radius 2 is 2.08 bits per heavy atom. The van der Waals surface area contributed by atoms with Gasteiger partial charge < -0.3 is 4.57 Å². The van der Waals surface area contributed by atoms with Crippen LogP contribution in [0.15, 0.2) is 17.6 Å². The van der Waals surface area contributed by atoms with Gasteiger partial charge in [0.15, 0.2) is 0 Å². The van der Waals surface area contributed by atoms with Crippen molar-refractivity contribution in [3.05, 3.63) is 12.5 Å². The highest BCUT2D eigenvalue weighted by Gasteiger charge is 2.22. The Hall–Kier alpha value is -0.640. The van der Waals surface area contributed by atoms with Crippen LogP contribution in [0.25, 0.3) is 0 Å². The number of aryl methyl sites for hydroxylation is 1. The van der Waals surface area contributed by atoms with Gasteiger partial charge in [-0.3, -0.25) is 4.21 Å². The zero-order valence-corrected chi connectivity index (χ0v) is 8.68. The maximum absolute atomic E-state index is 11.7. The lowest BCUT2D eigenvalue weighted by Gasteiger charge is -2.15. The first-order chi connectivity index (χ1) is 5.41. The second kappa shape index (κ2) is 3.01. The molecule has 0 radical (unpaired) electrons. The van der Waals surface area contributed by atoms with E-state index in [-0.39, 0.29) is 4.75 Å². The van der Waals surface area contributed by atoms with Gasteiger partial charge in [0.2, 0.25) is 0 Å². The van der Waals surface area contributed by atoms with E-state index >= 15 is 0 Å². The van der Waals surface area contributed by atoms with Crippen LogP contribution in [0, 0.1) is 0 Å². The van der Waals surface area contributed by atoms with Crippen LogP contribution in [0.3, 0.4) is 0 Å². The molecule has 0 saturated carbocycles. The topological polar surface area (TPSA) is 34.9 Å². The normalized spacial score (nSPS) is 14.7. The summed E-state index contributed by atoms with van der Waals surface area (Å²) < 4.78 is 13.3. The van der Waals surface area contributed by atoms with Crippen LogP contribution < -0.4 is 0 Å². The Kier molecular flexibility index (Phi) is 2.37. The molecule has 0 saturated heterocycles. The Labute approximate surface area is 75.3 Å². The summed E-state index contributed by atoms with van der Waals surface area (Å²) in [6.07, 6.45) is 3.46. The second-order valence-corrected chi connectivity index (χ2v) is 5.94. The van der Waals surface area contributed by atoms with Gasteiger partial charge in [0.25, 0.3) is 0 Å². The van der Waals surface area contributed by atoms with Crippen molar-refractivity contribution in [2.24, 2.45) is 7.05 Å². The molecule has 12 heavy (non-hydrogen) atoms. The fourth-order valence-corrected chi connectivity index (χ4v) is 1.83. The van der Waals surface area contributed by atoms with E-state index in [2.05, 4.69) is 4.98 Å². The standard InChI is InChI=1S/C8H14N2OS/c1-8(2,3)12(11)7-5-10(4)6-9-7/h5-6H,1-4H3. The molecule has 0 aliphatic heterocycles. The molecule has 3 nitrogen and oxygen atoms in total. The van der Waals surface area contributed by atoms with E-state index < -0.39 is 10.8 Å². The van der Waals surface area contributed by atoms with Crippen molar-refractivity contribution in [2.45, 2.75) is 30.5 Å². The summed E-state index contributed by atoms with van der Waals surface area (Å²) in [4.78, 5) is 4.04. The molecule has 4 heteroatoms. The third-order valence-corrected chi connectivity index (χ3v) is 3.13. The predicted octanol–water partition coefficient (Wildman–Crippen LogP) is 1.33. The molecule has 0 aliphatic rings. The first kappa shape index (κ1) is 9.45. The van der Waals surface area contributed by atoms with E-state index in [9.17, 15) is 4.21 Å². The third-order valence-electron chi connectivity index (χ3n) is 1.43. The van der Waals surface area contributed by atoms with Crippen molar-refractivity contribution < 1.29 is 4.21 Å². The lowest BCUT2D eigenvalue weighted by Crippen LogP contribution is -2.21. The number of aromatic nitrogens is 2. The number of hydrogen-bond acceptors (Lipinski definition) is 2. The summed E-state index contributed by atoms with van der Waals surface area (Å²) in [5, 5.41) is 0.657. The van der Waals surface area contributed by atoms with Crippen molar-refractivity contribution in [3.8, 4) is 0 Å². The van der Waals surface area contributed by atoms with Crippen molar-refractivity contribution in [2.75, 3.05) is 0 Å². The molecule has 0 bridgehead atoms. The molecule has 1 aromatic heterocycles. The minimum absolute atomic E-state index is 0.228. The second-order valence-electron chi connectivity index (χ2n) is 3.76. The monoisotopic (exact) mass is 186 g/mol. The van der Waals surface area contributed by atoms with Crippen LogP contribution in [-0.4, -0.2) is 18.5 Å². The van der Waals surface area contributed by atoms with E-state index in [1.807, 2.05) is 27.8 Å². The Morgan fingerprint density at radius 3 is 2.42 bits per heavy atom. The molecular formula is C8H14N2OS. The van der Waals surface area contributed by atoms with Crippen LogP contribution >= 0.6 is 0 Å². The molecule has 0 amide bonds. The van der Waals surface area contributed by atoms with Crippen LogP contribution in [-0.2, 0) is 17.8 Å². The average molecular weight is 186 g/mol.